The van der Waals surface area contributed by atoms with Crippen molar-refractivity contribution in [2.24, 2.45) is 5.92 Å². The van der Waals surface area contributed by atoms with Crippen molar-refractivity contribution < 1.29 is 19.3 Å². The third kappa shape index (κ3) is 6.61. The first-order chi connectivity index (χ1) is 10.3. The van der Waals surface area contributed by atoms with Gasteiger partial charge in [-0.3, -0.25) is 0 Å². The molecule has 0 amide bonds. The van der Waals surface area contributed by atoms with Gasteiger partial charge in [0.05, 0.1) is 19.8 Å². The van der Waals surface area contributed by atoms with Crippen LogP contribution in [0.3, 0.4) is 0 Å². The van der Waals surface area contributed by atoms with Crippen LogP contribution in [0.4, 0.5) is 0 Å². The molecule has 21 heavy (non-hydrogen) atoms. The maximum absolute atomic E-state index is 9.73. The molecule has 2 N–H and O–H groups in total. The summed E-state index contributed by atoms with van der Waals surface area (Å²) in [6.45, 7) is 6.80. The second kappa shape index (κ2) is 11.4. The van der Waals surface area contributed by atoms with Gasteiger partial charge in [-0.15, -0.1) is 0 Å². The van der Waals surface area contributed by atoms with Crippen LogP contribution in [0.25, 0.3) is 0 Å². The molecule has 0 spiro atoms. The van der Waals surface area contributed by atoms with Crippen LogP contribution in [0, 0.1) is 5.92 Å². The molecule has 1 aliphatic carbocycles. The number of methoxy groups -OCH3 is 1. The molecule has 0 saturated heterocycles. The largest absolute Gasteiger partial charge is 0.394 e. The second-order valence-corrected chi connectivity index (χ2v) is 5.79. The Kier molecular flexibility index (Phi) is 10.2. The van der Waals surface area contributed by atoms with Crippen molar-refractivity contribution in [3.8, 4) is 0 Å². The van der Waals surface area contributed by atoms with Crippen molar-refractivity contribution in [2.75, 3.05) is 53.3 Å². The van der Waals surface area contributed by atoms with E-state index in [0.717, 1.165) is 45.6 Å². The molecule has 1 rings (SSSR count). The molecule has 0 aromatic carbocycles. The van der Waals surface area contributed by atoms with E-state index in [4.69, 9.17) is 14.2 Å². The predicted octanol–water partition coefficient (Wildman–Crippen LogP) is 1.59. The molecule has 0 radical (unpaired) electrons. The molecular weight excluding hydrogens is 270 g/mol. The molecule has 0 aromatic rings. The molecule has 1 fully saturated rings. The fourth-order valence-electron chi connectivity index (χ4n) is 3.25. The third-order valence-corrected chi connectivity index (χ3v) is 4.39. The van der Waals surface area contributed by atoms with Gasteiger partial charge >= 0.3 is 0 Å². The van der Waals surface area contributed by atoms with Crippen molar-refractivity contribution in [1.29, 1.82) is 0 Å². The fraction of sp³-hybridized carbons (Fsp3) is 1.00. The summed E-state index contributed by atoms with van der Waals surface area (Å²) in [4.78, 5) is 0. The molecule has 5 heteroatoms. The normalized spacial score (nSPS) is 25.6. The van der Waals surface area contributed by atoms with Crippen LogP contribution in [0.5, 0.6) is 0 Å². The number of hydrogen-bond acceptors (Lipinski definition) is 5. The summed E-state index contributed by atoms with van der Waals surface area (Å²) in [7, 11) is 1.68. The van der Waals surface area contributed by atoms with Crippen molar-refractivity contribution in [3.05, 3.63) is 0 Å². The van der Waals surface area contributed by atoms with E-state index in [2.05, 4.69) is 12.2 Å². The van der Waals surface area contributed by atoms with E-state index in [9.17, 15) is 5.11 Å². The first-order valence-electron chi connectivity index (χ1n) is 8.29. The summed E-state index contributed by atoms with van der Waals surface area (Å²) in [6.07, 6.45) is 5.42. The van der Waals surface area contributed by atoms with E-state index >= 15 is 0 Å². The Balaban J connectivity index is 2.06. The molecule has 1 aliphatic rings. The van der Waals surface area contributed by atoms with Crippen LogP contribution in [-0.2, 0) is 14.2 Å². The van der Waals surface area contributed by atoms with Crippen LogP contribution >= 0.6 is 0 Å². The summed E-state index contributed by atoms with van der Waals surface area (Å²) in [5, 5.41) is 13.2. The second-order valence-electron chi connectivity index (χ2n) is 5.79. The minimum absolute atomic E-state index is 0.0681. The van der Waals surface area contributed by atoms with Gasteiger partial charge in [0.25, 0.3) is 0 Å². The summed E-state index contributed by atoms with van der Waals surface area (Å²) < 4.78 is 16.0. The molecule has 0 aromatic heterocycles. The van der Waals surface area contributed by atoms with Crippen LogP contribution in [0.15, 0.2) is 0 Å². The minimum Gasteiger partial charge on any atom is -0.394 e. The number of hydrogen-bond donors (Lipinski definition) is 2. The monoisotopic (exact) mass is 303 g/mol. The highest BCUT2D eigenvalue weighted by molar-refractivity contribution is 4.98. The Morgan fingerprint density at radius 2 is 1.90 bits per heavy atom. The van der Waals surface area contributed by atoms with Gasteiger partial charge in [-0.1, -0.05) is 13.3 Å². The average molecular weight is 303 g/mol. The molecule has 0 heterocycles. The van der Waals surface area contributed by atoms with Gasteiger partial charge in [-0.25, -0.2) is 0 Å². The highest BCUT2D eigenvalue weighted by Gasteiger charge is 2.41. The zero-order valence-corrected chi connectivity index (χ0v) is 13.7. The Hall–Kier alpha value is -0.200. The molecule has 1 saturated carbocycles. The number of nitrogens with one attached hydrogen (secondary N) is 1. The Morgan fingerprint density at radius 1 is 1.14 bits per heavy atom. The molecule has 0 aliphatic heterocycles. The quantitative estimate of drug-likeness (QED) is 0.506. The topological polar surface area (TPSA) is 60.0 Å². The van der Waals surface area contributed by atoms with Gasteiger partial charge in [0.1, 0.15) is 0 Å². The lowest BCUT2D eigenvalue weighted by atomic mass is 9.85. The van der Waals surface area contributed by atoms with Crippen LogP contribution in [0.2, 0.25) is 0 Å². The maximum atomic E-state index is 9.73. The lowest BCUT2D eigenvalue weighted by molar-refractivity contribution is 0.0442. The Labute approximate surface area is 129 Å². The predicted molar refractivity (Wildman–Crippen MR) is 83.6 cm³/mol. The summed E-state index contributed by atoms with van der Waals surface area (Å²) >= 11 is 0. The lowest BCUT2D eigenvalue weighted by Crippen LogP contribution is -2.51. The zero-order chi connectivity index (χ0) is 15.4. The smallest absolute Gasteiger partial charge is 0.0700 e. The summed E-state index contributed by atoms with van der Waals surface area (Å²) in [6, 6.07) is 0. The molecule has 2 atom stereocenters. The van der Waals surface area contributed by atoms with E-state index in [-0.39, 0.29) is 12.1 Å². The minimum atomic E-state index is -0.0681. The Bertz CT molecular complexity index is 252. The number of rotatable bonds is 13. The third-order valence-electron chi connectivity index (χ3n) is 4.39. The van der Waals surface area contributed by atoms with E-state index in [1.807, 2.05) is 0 Å². The molecular formula is C16H33NO4. The SMILES string of the molecule is CCNC1(CO)CCCC1CCOCCCOCCOC. The van der Waals surface area contributed by atoms with E-state index in [1.54, 1.807) is 7.11 Å². The standard InChI is InChI=1S/C16H33NO4/c1-3-17-16(14-18)8-4-6-15(16)7-11-20-9-5-10-21-13-12-19-2/h15,17-18H,3-14H2,1-2H3. The van der Waals surface area contributed by atoms with Crippen molar-refractivity contribution >= 4 is 0 Å². The number of likely N-dealkylation sites (N-methyl/N-ethyl adjacent to an activating group) is 1. The van der Waals surface area contributed by atoms with Gasteiger partial charge in [0.15, 0.2) is 0 Å². The molecule has 0 bridgehead atoms. The fourth-order valence-corrected chi connectivity index (χ4v) is 3.25. The van der Waals surface area contributed by atoms with Gasteiger partial charge < -0.3 is 24.6 Å². The highest BCUT2D eigenvalue weighted by atomic mass is 16.5. The van der Waals surface area contributed by atoms with Crippen molar-refractivity contribution in [3.63, 3.8) is 0 Å². The first-order valence-corrected chi connectivity index (χ1v) is 8.29. The van der Waals surface area contributed by atoms with Gasteiger partial charge in [-0.2, -0.15) is 0 Å². The Morgan fingerprint density at radius 3 is 2.57 bits per heavy atom. The summed E-state index contributed by atoms with van der Waals surface area (Å²) in [5.41, 5.74) is -0.0681. The zero-order valence-electron chi connectivity index (χ0n) is 13.7. The van der Waals surface area contributed by atoms with Crippen LogP contribution in [0.1, 0.15) is 39.0 Å². The van der Waals surface area contributed by atoms with Crippen molar-refractivity contribution in [1.82, 2.24) is 5.32 Å². The average Bonchev–Trinajstić information content (AvgIpc) is 2.89. The van der Waals surface area contributed by atoms with Gasteiger partial charge in [0, 0.05) is 32.5 Å². The lowest BCUT2D eigenvalue weighted by Gasteiger charge is -2.34. The van der Waals surface area contributed by atoms with E-state index < -0.39 is 0 Å². The first kappa shape index (κ1) is 18.8. The van der Waals surface area contributed by atoms with E-state index in [1.165, 1.54) is 12.8 Å². The summed E-state index contributed by atoms with van der Waals surface area (Å²) in [5.74, 6) is 0.528. The molecule has 2 unspecified atom stereocenters. The highest BCUT2D eigenvalue weighted by Crippen LogP contribution is 2.37. The number of aliphatic hydroxyl groups is 1. The maximum Gasteiger partial charge on any atom is 0.0700 e. The van der Waals surface area contributed by atoms with Gasteiger partial charge in [-0.05, 0) is 38.1 Å². The molecule has 126 valence electrons. The molecule has 5 nitrogen and oxygen atoms in total. The van der Waals surface area contributed by atoms with Crippen LogP contribution in [-0.4, -0.2) is 63.9 Å². The van der Waals surface area contributed by atoms with Gasteiger partial charge in [0.2, 0.25) is 0 Å². The van der Waals surface area contributed by atoms with E-state index in [0.29, 0.717) is 19.1 Å². The number of ether oxygens (including phenoxy) is 3. The van der Waals surface area contributed by atoms with Crippen LogP contribution < -0.4 is 5.32 Å². The number of aliphatic hydroxyl groups excluding tert-OH is 1. The van der Waals surface area contributed by atoms with Crippen molar-refractivity contribution in [2.45, 2.75) is 44.6 Å².